The molecule has 1 atom stereocenters. The Morgan fingerprint density at radius 1 is 1.18 bits per heavy atom. The molecule has 1 saturated heterocycles. The zero-order valence-electron chi connectivity index (χ0n) is 17.7. The van der Waals surface area contributed by atoms with Crippen molar-refractivity contribution in [2.45, 2.75) is 72.3 Å². The third-order valence-electron chi connectivity index (χ3n) is 5.73. The van der Waals surface area contributed by atoms with Crippen molar-refractivity contribution >= 4 is 12.0 Å². The predicted molar refractivity (Wildman–Crippen MR) is 110 cm³/mol. The van der Waals surface area contributed by atoms with Gasteiger partial charge in [-0.1, -0.05) is 12.2 Å². The SMILES string of the molecule is Cc1c(/C=C/C2CCOCC2)c([C@H](OC(C)(C)C)C(=O)O)c(C)c2c1CNC2. The summed E-state index contributed by atoms with van der Waals surface area (Å²) >= 11 is 0. The molecule has 0 spiro atoms. The summed E-state index contributed by atoms with van der Waals surface area (Å²) in [4.78, 5) is 12.2. The molecule has 1 aromatic rings. The smallest absolute Gasteiger partial charge is 0.337 e. The molecule has 2 aliphatic heterocycles. The molecule has 5 nitrogen and oxygen atoms in total. The number of ether oxygens (including phenoxy) is 2. The van der Waals surface area contributed by atoms with Gasteiger partial charge in [-0.05, 0) is 81.2 Å². The molecule has 3 rings (SSSR count). The Bertz CT molecular complexity index is 770. The molecular formula is C23H33NO4. The van der Waals surface area contributed by atoms with Crippen LogP contribution < -0.4 is 5.32 Å². The van der Waals surface area contributed by atoms with Gasteiger partial charge >= 0.3 is 5.97 Å². The summed E-state index contributed by atoms with van der Waals surface area (Å²) in [5.74, 6) is -0.469. The molecule has 2 heterocycles. The molecule has 2 N–H and O–H groups in total. The first kappa shape index (κ1) is 21.0. The van der Waals surface area contributed by atoms with Crippen molar-refractivity contribution in [2.24, 2.45) is 5.92 Å². The number of carbonyl (C=O) groups is 1. The average Bonchev–Trinajstić information content (AvgIpc) is 3.12. The molecule has 0 radical (unpaired) electrons. The Labute approximate surface area is 168 Å². The molecule has 154 valence electrons. The fourth-order valence-electron chi connectivity index (χ4n) is 4.25. The highest BCUT2D eigenvalue weighted by Gasteiger charge is 2.33. The number of hydrogen-bond acceptors (Lipinski definition) is 4. The van der Waals surface area contributed by atoms with Crippen molar-refractivity contribution in [3.05, 3.63) is 39.5 Å². The standard InChI is InChI=1S/C23H33NO4/c1-14-17(7-6-16-8-10-27-11-9-16)20(15(2)19-13-24-12-18(14)19)21(22(25)26)28-23(3,4)5/h6-7,16,21,24H,8-13H2,1-5H3,(H,25,26)/b7-6+/t21-/m0/s1. The molecule has 1 aromatic carbocycles. The van der Waals surface area contributed by atoms with E-state index in [0.29, 0.717) is 5.92 Å². The Hall–Kier alpha value is -1.69. The molecule has 0 aliphatic carbocycles. The molecule has 28 heavy (non-hydrogen) atoms. The highest BCUT2D eigenvalue weighted by atomic mass is 16.5. The Morgan fingerprint density at radius 3 is 2.36 bits per heavy atom. The van der Waals surface area contributed by atoms with E-state index in [4.69, 9.17) is 9.47 Å². The van der Waals surface area contributed by atoms with Crippen LogP contribution in [0.15, 0.2) is 6.08 Å². The van der Waals surface area contributed by atoms with E-state index in [-0.39, 0.29) is 0 Å². The maximum Gasteiger partial charge on any atom is 0.337 e. The topological polar surface area (TPSA) is 67.8 Å². The minimum Gasteiger partial charge on any atom is -0.479 e. The van der Waals surface area contributed by atoms with Gasteiger partial charge in [0.1, 0.15) is 0 Å². The van der Waals surface area contributed by atoms with Crippen LogP contribution in [0.4, 0.5) is 0 Å². The second-order valence-electron chi connectivity index (χ2n) is 8.90. The lowest BCUT2D eigenvalue weighted by atomic mass is 9.85. The minimum absolute atomic E-state index is 0.472. The van der Waals surface area contributed by atoms with E-state index in [1.807, 2.05) is 27.7 Å². The van der Waals surface area contributed by atoms with Crippen molar-refractivity contribution in [3.8, 4) is 0 Å². The van der Waals surface area contributed by atoms with E-state index in [1.165, 1.54) is 11.1 Å². The zero-order valence-corrected chi connectivity index (χ0v) is 17.7. The largest absolute Gasteiger partial charge is 0.479 e. The normalized spacial score (nSPS) is 19.2. The van der Waals surface area contributed by atoms with E-state index >= 15 is 0 Å². The summed E-state index contributed by atoms with van der Waals surface area (Å²) in [6.07, 6.45) is 5.40. The second kappa shape index (κ2) is 8.36. The van der Waals surface area contributed by atoms with E-state index < -0.39 is 17.7 Å². The van der Waals surface area contributed by atoms with Crippen molar-refractivity contribution in [1.29, 1.82) is 0 Å². The number of fused-ring (bicyclic) bond motifs is 1. The molecular weight excluding hydrogens is 354 g/mol. The summed E-state index contributed by atoms with van der Waals surface area (Å²) in [5.41, 5.74) is 5.96. The third kappa shape index (κ3) is 4.48. The molecule has 0 amide bonds. The van der Waals surface area contributed by atoms with Crippen LogP contribution in [0.3, 0.4) is 0 Å². The third-order valence-corrected chi connectivity index (χ3v) is 5.73. The van der Waals surface area contributed by atoms with Gasteiger partial charge in [0, 0.05) is 31.9 Å². The summed E-state index contributed by atoms with van der Waals surface area (Å²) in [6.45, 7) is 13.0. The van der Waals surface area contributed by atoms with Gasteiger partial charge in [0.2, 0.25) is 0 Å². The van der Waals surface area contributed by atoms with Crippen LogP contribution >= 0.6 is 0 Å². The van der Waals surface area contributed by atoms with Crippen molar-refractivity contribution in [2.75, 3.05) is 13.2 Å². The van der Waals surface area contributed by atoms with Gasteiger partial charge in [-0.3, -0.25) is 0 Å². The molecule has 1 fully saturated rings. The number of carboxylic acid groups (broad SMARTS) is 1. The van der Waals surface area contributed by atoms with Crippen molar-refractivity contribution in [1.82, 2.24) is 5.32 Å². The van der Waals surface area contributed by atoms with Crippen molar-refractivity contribution < 1.29 is 19.4 Å². The molecule has 2 aliphatic rings. The Kier molecular flexibility index (Phi) is 6.28. The predicted octanol–water partition coefficient (Wildman–Crippen LogP) is 4.29. The summed E-state index contributed by atoms with van der Waals surface area (Å²) in [5, 5.41) is 13.4. The van der Waals surface area contributed by atoms with E-state index in [9.17, 15) is 9.90 Å². The van der Waals surface area contributed by atoms with E-state index in [2.05, 4.69) is 24.4 Å². The Balaban J connectivity index is 2.11. The van der Waals surface area contributed by atoms with Gasteiger partial charge in [0.05, 0.1) is 5.60 Å². The minimum atomic E-state index is -0.987. The van der Waals surface area contributed by atoms with E-state index in [0.717, 1.165) is 61.4 Å². The number of rotatable bonds is 5. The quantitative estimate of drug-likeness (QED) is 0.789. The van der Waals surface area contributed by atoms with Crippen LogP contribution in [-0.2, 0) is 27.4 Å². The summed E-state index contributed by atoms with van der Waals surface area (Å²) < 4.78 is 11.5. The first-order chi connectivity index (χ1) is 13.2. The highest BCUT2D eigenvalue weighted by molar-refractivity contribution is 5.79. The lowest BCUT2D eigenvalue weighted by Crippen LogP contribution is -2.29. The highest BCUT2D eigenvalue weighted by Crippen LogP contribution is 2.38. The van der Waals surface area contributed by atoms with Crippen LogP contribution in [0, 0.1) is 19.8 Å². The zero-order chi connectivity index (χ0) is 20.5. The molecule has 0 saturated carbocycles. The van der Waals surface area contributed by atoms with Crippen LogP contribution in [-0.4, -0.2) is 29.9 Å². The van der Waals surface area contributed by atoms with Gasteiger partial charge in [0.15, 0.2) is 6.10 Å². The van der Waals surface area contributed by atoms with Gasteiger partial charge in [-0.25, -0.2) is 4.79 Å². The number of aliphatic carboxylic acids is 1. The molecule has 5 heteroatoms. The lowest BCUT2D eigenvalue weighted by molar-refractivity contribution is -0.160. The first-order valence-corrected chi connectivity index (χ1v) is 10.2. The number of benzene rings is 1. The van der Waals surface area contributed by atoms with Gasteiger partial charge in [-0.15, -0.1) is 0 Å². The maximum absolute atomic E-state index is 12.2. The van der Waals surface area contributed by atoms with Gasteiger partial charge in [-0.2, -0.15) is 0 Å². The lowest BCUT2D eigenvalue weighted by Gasteiger charge is -2.29. The van der Waals surface area contributed by atoms with Gasteiger partial charge in [0.25, 0.3) is 0 Å². The second-order valence-corrected chi connectivity index (χ2v) is 8.90. The number of allylic oxidation sites excluding steroid dienone is 1. The van der Waals surface area contributed by atoms with Crippen molar-refractivity contribution in [3.63, 3.8) is 0 Å². The number of carboxylic acids is 1. The molecule has 0 bridgehead atoms. The van der Waals surface area contributed by atoms with Gasteiger partial charge < -0.3 is 19.9 Å². The number of nitrogens with one attached hydrogen (secondary N) is 1. The van der Waals surface area contributed by atoms with Crippen LogP contribution in [0.1, 0.15) is 73.1 Å². The van der Waals surface area contributed by atoms with Crippen LogP contribution in [0.2, 0.25) is 0 Å². The summed E-state index contributed by atoms with van der Waals surface area (Å²) in [6, 6.07) is 0. The number of hydrogen-bond donors (Lipinski definition) is 2. The fourth-order valence-corrected chi connectivity index (χ4v) is 4.25. The average molecular weight is 388 g/mol. The maximum atomic E-state index is 12.2. The first-order valence-electron chi connectivity index (χ1n) is 10.2. The van der Waals surface area contributed by atoms with E-state index in [1.54, 1.807) is 0 Å². The van der Waals surface area contributed by atoms with Crippen LogP contribution in [0.25, 0.3) is 6.08 Å². The fraction of sp³-hybridized carbons (Fsp3) is 0.609. The molecule has 0 unspecified atom stereocenters. The summed E-state index contributed by atoms with van der Waals surface area (Å²) in [7, 11) is 0. The van der Waals surface area contributed by atoms with Crippen LogP contribution in [0.5, 0.6) is 0 Å². The molecule has 0 aromatic heterocycles. The monoisotopic (exact) mass is 387 g/mol. The Morgan fingerprint density at radius 2 is 1.79 bits per heavy atom.